The maximum absolute atomic E-state index is 13.1. The second-order valence-corrected chi connectivity index (χ2v) is 7.40. The summed E-state index contributed by atoms with van der Waals surface area (Å²) in [6, 6.07) is 7.36. The Morgan fingerprint density at radius 2 is 2.07 bits per heavy atom. The van der Waals surface area contributed by atoms with E-state index in [4.69, 9.17) is 0 Å². The molecule has 1 fully saturated rings. The number of carbonyl (C=O) groups excluding carboxylic acids is 3. The molecule has 1 aromatic rings. The van der Waals surface area contributed by atoms with Gasteiger partial charge in [-0.1, -0.05) is 29.8 Å². The van der Waals surface area contributed by atoms with E-state index in [0.29, 0.717) is 17.8 Å². The first-order chi connectivity index (χ1) is 13.0. The highest BCUT2D eigenvalue weighted by molar-refractivity contribution is 6.03. The third-order valence-corrected chi connectivity index (χ3v) is 5.27. The molecule has 1 aromatic carbocycles. The zero-order chi connectivity index (χ0) is 19.1. The molecule has 2 aliphatic heterocycles. The van der Waals surface area contributed by atoms with Gasteiger partial charge < -0.3 is 15.5 Å². The first-order valence-corrected chi connectivity index (χ1v) is 9.44. The third-order valence-electron chi connectivity index (χ3n) is 5.27. The third kappa shape index (κ3) is 3.29. The molecule has 0 bridgehead atoms. The van der Waals surface area contributed by atoms with Crippen LogP contribution in [0.25, 0.3) is 0 Å². The van der Waals surface area contributed by atoms with Gasteiger partial charge in [0.15, 0.2) is 0 Å². The van der Waals surface area contributed by atoms with Crippen molar-refractivity contribution in [2.75, 3.05) is 19.6 Å². The molecular weight excluding hydrogens is 344 g/mol. The minimum Gasteiger partial charge on any atom is -0.352 e. The smallest absolute Gasteiger partial charge is 0.322 e. The van der Waals surface area contributed by atoms with Gasteiger partial charge in [-0.25, -0.2) is 4.79 Å². The molecule has 3 aliphatic rings. The lowest BCUT2D eigenvalue weighted by molar-refractivity contribution is -0.132. The summed E-state index contributed by atoms with van der Waals surface area (Å²) in [6.07, 6.45) is 2.01. The summed E-state index contributed by atoms with van der Waals surface area (Å²) in [5.74, 6) is -0.318. The molecular formula is C20H24N4O3. The molecule has 2 N–H and O–H groups in total. The van der Waals surface area contributed by atoms with Gasteiger partial charge in [-0.3, -0.25) is 14.5 Å². The van der Waals surface area contributed by atoms with Crippen molar-refractivity contribution in [2.45, 2.75) is 38.8 Å². The maximum Gasteiger partial charge on any atom is 0.322 e. The normalized spacial score (nSPS) is 22.1. The molecule has 0 saturated heterocycles. The molecule has 1 aliphatic carbocycles. The van der Waals surface area contributed by atoms with E-state index in [1.54, 1.807) is 4.90 Å². The van der Waals surface area contributed by atoms with Gasteiger partial charge in [0.05, 0.1) is 23.9 Å². The van der Waals surface area contributed by atoms with E-state index >= 15 is 0 Å². The average Bonchev–Trinajstić information content (AvgIpc) is 3.38. The monoisotopic (exact) mass is 368 g/mol. The van der Waals surface area contributed by atoms with Crippen LogP contribution in [0, 0.1) is 6.92 Å². The first kappa shape index (κ1) is 17.6. The van der Waals surface area contributed by atoms with Crippen LogP contribution in [0.3, 0.4) is 0 Å². The predicted molar refractivity (Wildman–Crippen MR) is 99.6 cm³/mol. The predicted octanol–water partition coefficient (Wildman–Crippen LogP) is 1.46. The molecule has 2 heterocycles. The number of hydrogen-bond acceptors (Lipinski definition) is 3. The second-order valence-electron chi connectivity index (χ2n) is 7.40. The number of aryl methyl sites for hydroxylation is 1. The number of urea groups is 1. The molecule has 7 nitrogen and oxygen atoms in total. The van der Waals surface area contributed by atoms with E-state index < -0.39 is 6.04 Å². The van der Waals surface area contributed by atoms with Crippen LogP contribution in [0.2, 0.25) is 0 Å². The molecule has 0 aromatic heterocycles. The topological polar surface area (TPSA) is 81.8 Å². The highest BCUT2D eigenvalue weighted by atomic mass is 16.2. The Morgan fingerprint density at radius 1 is 1.30 bits per heavy atom. The summed E-state index contributed by atoms with van der Waals surface area (Å²) in [5.41, 5.74) is 3.22. The van der Waals surface area contributed by atoms with E-state index in [9.17, 15) is 14.4 Å². The maximum atomic E-state index is 13.1. The molecule has 4 amide bonds. The van der Waals surface area contributed by atoms with Crippen molar-refractivity contribution in [2.24, 2.45) is 0 Å². The minimum absolute atomic E-state index is 0.0224. The molecule has 7 heteroatoms. The molecule has 0 spiro atoms. The van der Waals surface area contributed by atoms with Crippen LogP contribution in [0.5, 0.6) is 0 Å². The number of rotatable bonds is 5. The van der Waals surface area contributed by atoms with Crippen molar-refractivity contribution < 1.29 is 14.4 Å². The van der Waals surface area contributed by atoms with Gasteiger partial charge in [0.1, 0.15) is 6.54 Å². The van der Waals surface area contributed by atoms with Crippen molar-refractivity contribution >= 4 is 17.8 Å². The Labute approximate surface area is 158 Å². The lowest BCUT2D eigenvalue weighted by Gasteiger charge is -2.33. The van der Waals surface area contributed by atoms with Gasteiger partial charge in [0.25, 0.3) is 5.91 Å². The summed E-state index contributed by atoms with van der Waals surface area (Å²) < 4.78 is 0. The van der Waals surface area contributed by atoms with Crippen LogP contribution >= 0.6 is 0 Å². The Balaban J connectivity index is 1.63. The molecule has 1 saturated carbocycles. The van der Waals surface area contributed by atoms with E-state index in [1.807, 2.05) is 38.1 Å². The average molecular weight is 368 g/mol. The fourth-order valence-electron chi connectivity index (χ4n) is 3.78. The molecule has 142 valence electrons. The van der Waals surface area contributed by atoms with Gasteiger partial charge in [-0.2, -0.15) is 0 Å². The summed E-state index contributed by atoms with van der Waals surface area (Å²) in [6.45, 7) is 4.64. The van der Waals surface area contributed by atoms with Crippen LogP contribution < -0.4 is 10.6 Å². The summed E-state index contributed by atoms with van der Waals surface area (Å²) in [5, 5.41) is 5.88. The molecule has 1 atom stereocenters. The van der Waals surface area contributed by atoms with Crippen molar-refractivity contribution in [1.29, 1.82) is 0 Å². The van der Waals surface area contributed by atoms with Crippen LogP contribution in [-0.4, -0.2) is 53.3 Å². The van der Waals surface area contributed by atoms with Crippen molar-refractivity contribution in [1.82, 2.24) is 20.4 Å². The quantitative estimate of drug-likeness (QED) is 0.825. The van der Waals surface area contributed by atoms with E-state index in [0.717, 1.165) is 24.0 Å². The molecule has 4 rings (SSSR count). The number of nitrogens with one attached hydrogen (secondary N) is 2. The molecule has 1 unspecified atom stereocenters. The number of nitrogens with zero attached hydrogens (tertiary/aromatic N) is 2. The number of benzene rings is 1. The Kier molecular flexibility index (Phi) is 4.37. The Hall–Kier alpha value is -2.83. The van der Waals surface area contributed by atoms with Crippen LogP contribution in [0.1, 0.15) is 36.9 Å². The first-order valence-electron chi connectivity index (χ1n) is 9.44. The van der Waals surface area contributed by atoms with Gasteiger partial charge in [0.2, 0.25) is 5.91 Å². The van der Waals surface area contributed by atoms with E-state index in [2.05, 4.69) is 10.6 Å². The lowest BCUT2D eigenvalue weighted by Crippen LogP contribution is -2.47. The summed E-state index contributed by atoms with van der Waals surface area (Å²) in [4.78, 5) is 41.0. The van der Waals surface area contributed by atoms with Gasteiger partial charge in [-0.05, 0) is 32.3 Å². The zero-order valence-corrected chi connectivity index (χ0v) is 15.6. The zero-order valence-electron chi connectivity index (χ0n) is 15.6. The number of hydrogen-bond donors (Lipinski definition) is 2. The van der Waals surface area contributed by atoms with Crippen LogP contribution in [0.4, 0.5) is 4.79 Å². The lowest BCUT2D eigenvalue weighted by atomic mass is 9.94. The number of carbonyl (C=O) groups is 3. The highest BCUT2D eigenvalue weighted by Crippen LogP contribution is 2.36. The minimum atomic E-state index is -0.487. The fourth-order valence-corrected chi connectivity index (χ4v) is 3.78. The highest BCUT2D eigenvalue weighted by Gasteiger charge is 2.44. The SMILES string of the molecule is CCN1C(=O)NC(c2cccc(C)c2)C2=C1CN(CC(=O)NC1CC1)C2=O. The molecule has 27 heavy (non-hydrogen) atoms. The number of amides is 4. The van der Waals surface area contributed by atoms with Crippen molar-refractivity contribution in [3.63, 3.8) is 0 Å². The van der Waals surface area contributed by atoms with E-state index in [-0.39, 0.29) is 37.0 Å². The van der Waals surface area contributed by atoms with Crippen molar-refractivity contribution in [3.05, 3.63) is 46.7 Å². The molecule has 0 radical (unpaired) electrons. The standard InChI is InChI=1S/C20H24N4O3/c1-3-24-15-10-23(11-16(25)21-14-7-8-14)19(26)17(15)18(22-20(24)27)13-6-4-5-12(2)9-13/h4-6,9,14,18H,3,7-8,10-11H2,1-2H3,(H,21,25)(H,22,27). The van der Waals surface area contributed by atoms with Gasteiger partial charge >= 0.3 is 6.03 Å². The largest absolute Gasteiger partial charge is 0.352 e. The van der Waals surface area contributed by atoms with Crippen molar-refractivity contribution in [3.8, 4) is 0 Å². The van der Waals surface area contributed by atoms with Gasteiger partial charge in [-0.15, -0.1) is 0 Å². The summed E-state index contributed by atoms with van der Waals surface area (Å²) >= 11 is 0. The Bertz CT molecular complexity index is 843. The summed E-state index contributed by atoms with van der Waals surface area (Å²) in [7, 11) is 0. The fraction of sp³-hybridized carbons (Fsp3) is 0.450. The van der Waals surface area contributed by atoms with Crippen LogP contribution in [-0.2, 0) is 9.59 Å². The number of likely N-dealkylation sites (N-methyl/N-ethyl adjacent to an activating group) is 1. The van der Waals surface area contributed by atoms with Crippen LogP contribution in [0.15, 0.2) is 35.5 Å². The second kappa shape index (κ2) is 6.72. The van der Waals surface area contributed by atoms with Gasteiger partial charge in [0, 0.05) is 12.6 Å². The van der Waals surface area contributed by atoms with E-state index in [1.165, 1.54) is 4.90 Å². The Morgan fingerprint density at radius 3 is 2.74 bits per heavy atom.